The van der Waals surface area contributed by atoms with Crippen molar-refractivity contribution in [2.45, 2.75) is 80.6 Å². The van der Waals surface area contributed by atoms with Gasteiger partial charge >= 0.3 is 6.18 Å². The Hall–Kier alpha value is -6.64. The number of benzene rings is 4. The van der Waals surface area contributed by atoms with Gasteiger partial charge in [-0.25, -0.2) is 9.97 Å². The van der Waals surface area contributed by atoms with E-state index in [-0.39, 0.29) is 52.1 Å². The summed E-state index contributed by atoms with van der Waals surface area (Å²) in [5.74, 6) is 0.772. The number of carbonyl (C=O) groups excluding carboxylic acids is 4. The Bertz CT molecular complexity index is 3280. The molecule has 6 aliphatic rings. The summed E-state index contributed by atoms with van der Waals surface area (Å²) in [5.41, 5.74) is 7.94. The summed E-state index contributed by atoms with van der Waals surface area (Å²) < 4.78 is 47.8. The molecular formula is C61H69ClF3N11O5. The first kappa shape index (κ1) is 54.9. The topological polar surface area (TPSA) is 177 Å². The van der Waals surface area contributed by atoms with Crippen molar-refractivity contribution >= 4 is 62.9 Å². The molecule has 12 rings (SSSR count). The van der Waals surface area contributed by atoms with Crippen LogP contribution in [0.1, 0.15) is 101 Å². The van der Waals surface area contributed by atoms with E-state index in [0.717, 1.165) is 73.1 Å². The van der Waals surface area contributed by atoms with Gasteiger partial charge in [-0.15, -0.1) is 0 Å². The van der Waals surface area contributed by atoms with Crippen molar-refractivity contribution in [1.82, 2.24) is 44.8 Å². The van der Waals surface area contributed by atoms with Crippen LogP contribution in [-0.2, 0) is 20.5 Å². The molecule has 4 aromatic carbocycles. The third-order valence-corrected chi connectivity index (χ3v) is 18.8. The van der Waals surface area contributed by atoms with Crippen molar-refractivity contribution < 1.29 is 37.1 Å². The molecule has 426 valence electrons. The second-order valence-corrected chi connectivity index (χ2v) is 23.9. The first-order valence-electron chi connectivity index (χ1n) is 28.6. The number of rotatable bonds is 13. The number of amides is 4. The van der Waals surface area contributed by atoms with Gasteiger partial charge in [-0.05, 0) is 122 Å². The summed E-state index contributed by atoms with van der Waals surface area (Å²) in [6.45, 7) is 9.37. The smallest absolute Gasteiger partial charge is 0.373 e. The second kappa shape index (κ2) is 22.3. The number of fused-ring (bicyclic) bond motifs is 4. The summed E-state index contributed by atoms with van der Waals surface area (Å²) >= 11 is 6.30. The number of aromatic amines is 1. The molecule has 5 saturated heterocycles. The SMILES string of the molecule is NC1(C(=O)NC(CCN2CCN(C(=O)C34CCC(CN5CCN(C(=O)c6ccc(C7CCN(C(=O)c8cccc9c(C(F)(F)F)cccc89)CC7)cc6)CC5)(C3)OC4)CC2)c2ccc(Cl)cc2)CCN(c2ncnc3[nH]ccc23)CC1. The number of hydrogen-bond acceptors (Lipinski definition) is 11. The molecule has 2 aromatic heterocycles. The third-order valence-electron chi connectivity index (χ3n) is 18.6. The molecule has 6 aromatic rings. The van der Waals surface area contributed by atoms with Crippen molar-refractivity contribution in [3.05, 3.63) is 136 Å². The maximum absolute atomic E-state index is 14.4. The van der Waals surface area contributed by atoms with Gasteiger partial charge in [0.15, 0.2) is 0 Å². The minimum Gasteiger partial charge on any atom is -0.373 e. The number of anilines is 1. The van der Waals surface area contributed by atoms with E-state index in [9.17, 15) is 32.3 Å². The van der Waals surface area contributed by atoms with Gasteiger partial charge in [0.05, 0.1) is 40.2 Å². The van der Waals surface area contributed by atoms with E-state index in [1.807, 2.05) is 70.6 Å². The van der Waals surface area contributed by atoms with Crippen LogP contribution in [0.2, 0.25) is 5.02 Å². The first-order chi connectivity index (χ1) is 39.1. The van der Waals surface area contributed by atoms with Crippen LogP contribution in [0.25, 0.3) is 21.8 Å². The normalized spacial score (nSPS) is 23.3. The minimum atomic E-state index is -4.52. The fraction of sp³-hybridized carbons (Fsp3) is 0.475. The molecular weight excluding hydrogens is 1060 g/mol. The Morgan fingerprint density at radius 1 is 0.728 bits per heavy atom. The highest BCUT2D eigenvalue weighted by Crippen LogP contribution is 2.54. The number of carbonyl (C=O) groups is 4. The predicted octanol–water partition coefficient (Wildman–Crippen LogP) is 7.89. The van der Waals surface area contributed by atoms with Crippen LogP contribution >= 0.6 is 11.6 Å². The van der Waals surface area contributed by atoms with Gasteiger partial charge in [0, 0.05) is 114 Å². The van der Waals surface area contributed by atoms with E-state index >= 15 is 0 Å². The summed E-state index contributed by atoms with van der Waals surface area (Å²) in [6.07, 6.45) is 4.25. The van der Waals surface area contributed by atoms with Crippen LogP contribution in [0.5, 0.6) is 0 Å². The molecule has 3 unspecified atom stereocenters. The van der Waals surface area contributed by atoms with Crippen molar-refractivity contribution in [2.75, 3.05) is 103 Å². The standard InChI is InChI=1S/C61H69ClF3N11O5/c62-45-13-11-43(12-14-45)51(70-56(79)60(66)21-27-73(28-22-60)53-49-15-23-67-52(49)68-40-69-53)18-24-71-29-35-76(36-30-71)57(80)58-19-20-59(37-58,81-39-58)38-72-31-33-75(34-32-72)54(77)44-9-7-41(8-10-44)42-16-25-74(26-17-42)55(78)48-5-1-4-47-46(48)3-2-6-50(47)61(63,64)65/h1-15,23,40,42,51H,16-22,24-39,66H2,(H,70,79)(H,67,68,69). The number of ether oxygens (including phenoxy) is 1. The summed E-state index contributed by atoms with van der Waals surface area (Å²) in [5, 5.41) is 5.21. The number of H-pyrrole nitrogens is 1. The molecule has 0 spiro atoms. The lowest BCUT2D eigenvalue weighted by atomic mass is 9.85. The van der Waals surface area contributed by atoms with Crippen molar-refractivity contribution in [3.8, 4) is 0 Å². The lowest BCUT2D eigenvalue weighted by molar-refractivity contribution is -0.146. The van der Waals surface area contributed by atoms with Gasteiger partial charge in [0.2, 0.25) is 11.8 Å². The molecule has 20 heteroatoms. The lowest BCUT2D eigenvalue weighted by Gasteiger charge is -2.40. The van der Waals surface area contributed by atoms with Crippen LogP contribution in [0, 0.1) is 5.41 Å². The van der Waals surface area contributed by atoms with E-state index in [0.29, 0.717) is 127 Å². The molecule has 1 aliphatic carbocycles. The zero-order chi connectivity index (χ0) is 56.1. The molecule has 4 N–H and O–H groups in total. The van der Waals surface area contributed by atoms with E-state index in [1.165, 1.54) is 18.2 Å². The van der Waals surface area contributed by atoms with E-state index in [2.05, 4.69) is 35.0 Å². The summed E-state index contributed by atoms with van der Waals surface area (Å²) in [6, 6.07) is 25.6. The monoisotopic (exact) mass is 1130 g/mol. The Kier molecular flexibility index (Phi) is 15.1. The number of hydrogen-bond donors (Lipinski definition) is 3. The number of piperazine rings is 2. The number of likely N-dealkylation sites (tertiary alicyclic amines) is 1. The molecule has 2 bridgehead atoms. The molecule has 7 heterocycles. The van der Waals surface area contributed by atoms with Crippen LogP contribution in [-0.4, -0.2) is 172 Å². The van der Waals surface area contributed by atoms with Gasteiger partial charge < -0.3 is 40.4 Å². The molecule has 3 atom stereocenters. The molecule has 5 aliphatic heterocycles. The average molecular weight is 1130 g/mol. The quantitative estimate of drug-likeness (QED) is 0.103. The van der Waals surface area contributed by atoms with E-state index in [4.69, 9.17) is 22.1 Å². The predicted molar refractivity (Wildman–Crippen MR) is 303 cm³/mol. The number of halogens is 4. The highest BCUT2D eigenvalue weighted by molar-refractivity contribution is 6.30. The number of nitrogens with two attached hydrogens (primary N) is 1. The van der Waals surface area contributed by atoms with E-state index < -0.39 is 22.7 Å². The second-order valence-electron chi connectivity index (χ2n) is 23.5. The van der Waals surface area contributed by atoms with Gasteiger partial charge in [0.25, 0.3) is 11.8 Å². The zero-order valence-corrected chi connectivity index (χ0v) is 46.2. The fourth-order valence-corrected chi connectivity index (χ4v) is 13.9. The Morgan fingerprint density at radius 2 is 1.41 bits per heavy atom. The molecule has 4 amide bonds. The van der Waals surface area contributed by atoms with E-state index in [1.54, 1.807) is 23.4 Å². The van der Waals surface area contributed by atoms with Crippen LogP contribution in [0.3, 0.4) is 0 Å². The molecule has 81 heavy (non-hydrogen) atoms. The van der Waals surface area contributed by atoms with Gasteiger partial charge in [-0.2, -0.15) is 13.2 Å². The average Bonchev–Trinajstić information content (AvgIpc) is 4.29. The Morgan fingerprint density at radius 3 is 2.11 bits per heavy atom. The Labute approximate surface area is 474 Å². The van der Waals surface area contributed by atoms with Crippen LogP contribution in [0.4, 0.5) is 19.0 Å². The van der Waals surface area contributed by atoms with Gasteiger partial charge in [-0.3, -0.25) is 29.0 Å². The number of piperidine rings is 2. The summed E-state index contributed by atoms with van der Waals surface area (Å²) in [7, 11) is 0. The lowest BCUT2D eigenvalue weighted by Crippen LogP contribution is -2.60. The third kappa shape index (κ3) is 11.1. The zero-order valence-electron chi connectivity index (χ0n) is 45.4. The minimum absolute atomic E-state index is 0.00883. The molecule has 16 nitrogen and oxygen atoms in total. The maximum Gasteiger partial charge on any atom is 0.417 e. The Balaban J connectivity index is 0.581. The molecule has 0 radical (unpaired) electrons. The molecule has 6 fully saturated rings. The fourth-order valence-electron chi connectivity index (χ4n) is 13.7. The van der Waals surface area contributed by atoms with Crippen LogP contribution in [0.15, 0.2) is 104 Å². The number of nitrogens with one attached hydrogen (secondary N) is 2. The first-order valence-corrected chi connectivity index (χ1v) is 29.0. The molecule has 1 saturated carbocycles. The number of nitrogens with zero attached hydrogens (tertiary/aromatic N) is 8. The van der Waals surface area contributed by atoms with Crippen LogP contribution < -0.4 is 16.0 Å². The van der Waals surface area contributed by atoms with Gasteiger partial charge in [-0.1, -0.05) is 60.1 Å². The highest BCUT2D eigenvalue weighted by atomic mass is 35.5. The number of alkyl halides is 3. The van der Waals surface area contributed by atoms with Gasteiger partial charge in [0.1, 0.15) is 17.8 Å². The van der Waals surface area contributed by atoms with Crippen molar-refractivity contribution in [1.29, 1.82) is 0 Å². The summed E-state index contributed by atoms with van der Waals surface area (Å²) in [4.78, 5) is 80.5. The van der Waals surface area contributed by atoms with Crippen molar-refractivity contribution in [3.63, 3.8) is 0 Å². The largest absolute Gasteiger partial charge is 0.417 e. The highest BCUT2D eigenvalue weighted by Gasteiger charge is 2.61. The van der Waals surface area contributed by atoms with Crippen molar-refractivity contribution in [2.24, 2.45) is 11.1 Å². The number of aromatic nitrogens is 3. The maximum atomic E-state index is 14.4.